The van der Waals surface area contributed by atoms with Gasteiger partial charge in [-0.2, -0.15) is 0 Å². The molecule has 0 spiro atoms. The van der Waals surface area contributed by atoms with Crippen molar-refractivity contribution in [2.75, 3.05) is 13.1 Å². The van der Waals surface area contributed by atoms with Crippen LogP contribution in [0.1, 0.15) is 28.1 Å². The number of benzene rings is 1. The van der Waals surface area contributed by atoms with Crippen LogP contribution in [0.5, 0.6) is 0 Å². The van der Waals surface area contributed by atoms with Crippen molar-refractivity contribution in [2.24, 2.45) is 0 Å². The van der Waals surface area contributed by atoms with Gasteiger partial charge in [0, 0.05) is 13.1 Å². The minimum Gasteiger partial charge on any atom is -0.481 e. The van der Waals surface area contributed by atoms with Crippen molar-refractivity contribution in [2.45, 2.75) is 18.3 Å². The third-order valence-corrected chi connectivity index (χ3v) is 5.64. The third kappa shape index (κ3) is 2.99. The number of carboxylic acids is 1. The summed E-state index contributed by atoms with van der Waals surface area (Å²) in [5, 5.41) is 9.77. The van der Waals surface area contributed by atoms with E-state index in [9.17, 15) is 14.7 Å². The second-order valence-corrected chi connectivity index (χ2v) is 7.36. The second-order valence-electron chi connectivity index (χ2n) is 5.65. The molecule has 0 saturated carbocycles. The number of amides is 1. The zero-order valence-corrected chi connectivity index (χ0v) is 13.9. The highest BCUT2D eigenvalue weighted by Gasteiger charge is 2.43. The van der Waals surface area contributed by atoms with Gasteiger partial charge < -0.3 is 10.0 Å². The summed E-state index contributed by atoms with van der Waals surface area (Å²) in [6.45, 7) is 0.852. The second kappa shape index (κ2) is 6.34. The highest BCUT2D eigenvalue weighted by Crippen LogP contribution is 2.36. The first kappa shape index (κ1) is 16.0. The fourth-order valence-electron chi connectivity index (χ4n) is 3.06. The minimum atomic E-state index is -0.912. The average Bonchev–Trinajstić information content (AvgIpc) is 3.01. The largest absolute Gasteiger partial charge is 0.481 e. The molecule has 1 saturated heterocycles. The Morgan fingerprint density at radius 2 is 1.74 bits per heavy atom. The smallest absolute Gasteiger partial charge is 0.314 e. The highest BCUT2D eigenvalue weighted by atomic mass is 35.5. The average molecular weight is 350 g/mol. The van der Waals surface area contributed by atoms with E-state index in [-0.39, 0.29) is 5.91 Å². The fraction of sp³-hybridized carbons (Fsp3) is 0.294. The van der Waals surface area contributed by atoms with Crippen molar-refractivity contribution in [3.05, 3.63) is 57.2 Å². The summed E-state index contributed by atoms with van der Waals surface area (Å²) in [5.41, 5.74) is -0.107. The van der Waals surface area contributed by atoms with E-state index in [1.807, 2.05) is 30.3 Å². The lowest BCUT2D eigenvalue weighted by atomic mass is 9.73. The molecular formula is C17H16ClNO3S. The van der Waals surface area contributed by atoms with Crippen molar-refractivity contribution in [1.29, 1.82) is 0 Å². The summed E-state index contributed by atoms with van der Waals surface area (Å²) in [5.74, 6) is -0.899. The first-order valence-electron chi connectivity index (χ1n) is 7.36. The number of thiophene rings is 1. The van der Waals surface area contributed by atoms with Crippen molar-refractivity contribution < 1.29 is 14.7 Å². The Kier molecular flexibility index (Phi) is 4.41. The zero-order chi connectivity index (χ0) is 16.4. The van der Waals surface area contributed by atoms with Crippen LogP contribution in [0.3, 0.4) is 0 Å². The summed E-state index contributed by atoms with van der Waals surface area (Å²) >= 11 is 7.13. The van der Waals surface area contributed by atoms with Crippen LogP contribution in [0.25, 0.3) is 0 Å². The van der Waals surface area contributed by atoms with Crippen molar-refractivity contribution in [3.8, 4) is 0 Å². The Morgan fingerprint density at radius 3 is 2.26 bits per heavy atom. The van der Waals surface area contributed by atoms with Crippen LogP contribution in [-0.2, 0) is 10.2 Å². The molecule has 23 heavy (non-hydrogen) atoms. The van der Waals surface area contributed by atoms with Crippen LogP contribution < -0.4 is 0 Å². The van der Waals surface area contributed by atoms with Crippen molar-refractivity contribution in [1.82, 2.24) is 4.90 Å². The van der Waals surface area contributed by atoms with Crippen LogP contribution in [0, 0.1) is 0 Å². The van der Waals surface area contributed by atoms with Gasteiger partial charge in [-0.1, -0.05) is 41.9 Å². The summed E-state index contributed by atoms with van der Waals surface area (Å²) in [7, 11) is 0. The SMILES string of the molecule is O=C(c1ccc(Cl)s1)N1CCC(C(=O)O)(c2ccccc2)CC1. The lowest BCUT2D eigenvalue weighted by Crippen LogP contribution is -2.49. The molecule has 2 heterocycles. The van der Waals surface area contributed by atoms with Crippen LogP contribution in [0.2, 0.25) is 4.34 Å². The molecule has 0 bridgehead atoms. The Morgan fingerprint density at radius 1 is 1.09 bits per heavy atom. The number of carbonyl (C=O) groups excluding carboxylic acids is 1. The van der Waals surface area contributed by atoms with Gasteiger partial charge in [0.25, 0.3) is 5.91 Å². The highest BCUT2D eigenvalue weighted by molar-refractivity contribution is 7.17. The Hall–Kier alpha value is -1.85. The predicted octanol–water partition coefficient (Wildman–Crippen LogP) is 3.66. The number of likely N-dealkylation sites (tertiary alicyclic amines) is 1. The van der Waals surface area contributed by atoms with Crippen LogP contribution >= 0.6 is 22.9 Å². The maximum Gasteiger partial charge on any atom is 0.314 e. The summed E-state index contributed by atoms with van der Waals surface area (Å²) in [6, 6.07) is 12.7. The monoisotopic (exact) mass is 349 g/mol. The van der Waals surface area contributed by atoms with Crippen LogP contribution in [0.4, 0.5) is 0 Å². The zero-order valence-electron chi connectivity index (χ0n) is 12.4. The van der Waals surface area contributed by atoms with E-state index in [2.05, 4.69) is 0 Å². The Balaban J connectivity index is 1.78. The van der Waals surface area contributed by atoms with E-state index in [1.165, 1.54) is 11.3 Å². The summed E-state index contributed by atoms with van der Waals surface area (Å²) in [6.07, 6.45) is 0.828. The molecule has 120 valence electrons. The molecule has 0 unspecified atom stereocenters. The van der Waals surface area contributed by atoms with Gasteiger partial charge in [0.2, 0.25) is 0 Å². The maximum absolute atomic E-state index is 12.5. The quantitative estimate of drug-likeness (QED) is 0.920. The Labute approximate surface area is 143 Å². The van der Waals surface area contributed by atoms with Gasteiger partial charge in [0.05, 0.1) is 14.6 Å². The van der Waals surface area contributed by atoms with E-state index in [0.29, 0.717) is 35.1 Å². The molecule has 1 amide bonds. The number of hydrogen-bond acceptors (Lipinski definition) is 3. The molecule has 1 aromatic heterocycles. The summed E-state index contributed by atoms with van der Waals surface area (Å²) < 4.78 is 0.578. The van der Waals surface area contributed by atoms with E-state index in [0.717, 1.165) is 5.56 Å². The number of rotatable bonds is 3. The first-order valence-corrected chi connectivity index (χ1v) is 8.56. The standard InChI is InChI=1S/C17H16ClNO3S/c18-14-7-6-13(23-14)15(20)19-10-8-17(9-11-19,16(21)22)12-4-2-1-3-5-12/h1-7H,8-11H2,(H,21,22). The van der Waals surface area contributed by atoms with Crippen molar-refractivity contribution in [3.63, 3.8) is 0 Å². The van der Waals surface area contributed by atoms with E-state index in [1.54, 1.807) is 17.0 Å². The first-order chi connectivity index (χ1) is 11.0. The third-order valence-electron chi connectivity index (χ3n) is 4.42. The molecule has 0 aliphatic carbocycles. The number of halogens is 1. The number of nitrogens with zero attached hydrogens (tertiary/aromatic N) is 1. The molecular weight excluding hydrogens is 334 g/mol. The molecule has 3 rings (SSSR count). The molecule has 0 radical (unpaired) electrons. The summed E-state index contributed by atoms with van der Waals surface area (Å²) in [4.78, 5) is 26.7. The van der Waals surface area contributed by atoms with Gasteiger partial charge in [-0.05, 0) is 30.5 Å². The lowest BCUT2D eigenvalue weighted by molar-refractivity contribution is -0.145. The maximum atomic E-state index is 12.5. The number of hydrogen-bond donors (Lipinski definition) is 1. The van der Waals surface area contributed by atoms with E-state index < -0.39 is 11.4 Å². The molecule has 0 atom stereocenters. The van der Waals surface area contributed by atoms with Crippen LogP contribution in [-0.4, -0.2) is 35.0 Å². The molecule has 6 heteroatoms. The van der Waals surface area contributed by atoms with E-state index in [4.69, 9.17) is 11.6 Å². The Bertz CT molecular complexity index is 720. The van der Waals surface area contributed by atoms with Crippen molar-refractivity contribution >= 4 is 34.8 Å². The van der Waals surface area contributed by atoms with Gasteiger partial charge in [0.15, 0.2) is 0 Å². The number of piperidine rings is 1. The topological polar surface area (TPSA) is 57.6 Å². The fourth-order valence-corrected chi connectivity index (χ4v) is 4.07. The van der Waals surface area contributed by atoms with Gasteiger partial charge in [-0.15, -0.1) is 11.3 Å². The van der Waals surface area contributed by atoms with Gasteiger partial charge >= 0.3 is 5.97 Å². The molecule has 1 fully saturated rings. The molecule has 4 nitrogen and oxygen atoms in total. The van der Waals surface area contributed by atoms with Crippen LogP contribution in [0.15, 0.2) is 42.5 Å². The lowest BCUT2D eigenvalue weighted by Gasteiger charge is -2.39. The molecule has 2 aromatic rings. The molecule has 1 aliphatic rings. The van der Waals surface area contributed by atoms with E-state index >= 15 is 0 Å². The van der Waals surface area contributed by atoms with Gasteiger partial charge in [-0.25, -0.2) is 0 Å². The predicted molar refractivity (Wildman–Crippen MR) is 90.2 cm³/mol. The minimum absolute atomic E-state index is 0.0750. The number of carbonyl (C=O) groups is 2. The van der Waals surface area contributed by atoms with Gasteiger partial charge in [-0.3, -0.25) is 9.59 Å². The molecule has 1 aromatic carbocycles. The van der Waals surface area contributed by atoms with Gasteiger partial charge in [0.1, 0.15) is 0 Å². The normalized spacial score (nSPS) is 17.0. The molecule has 1 N–H and O–H groups in total. The molecule has 1 aliphatic heterocycles. The number of aliphatic carboxylic acids is 1. The number of carboxylic acid groups (broad SMARTS) is 1.